The van der Waals surface area contributed by atoms with E-state index in [4.69, 9.17) is 4.74 Å². The molecule has 1 fully saturated rings. The summed E-state index contributed by atoms with van der Waals surface area (Å²) < 4.78 is 5.19. The fraction of sp³-hybridized carbons (Fsp3) is 0.391. The molecule has 1 saturated heterocycles. The number of aryl methyl sites for hydroxylation is 1. The van der Waals surface area contributed by atoms with E-state index in [2.05, 4.69) is 22.2 Å². The highest BCUT2D eigenvalue weighted by atomic mass is 32.2. The second-order valence-electron chi connectivity index (χ2n) is 7.94. The van der Waals surface area contributed by atoms with Gasteiger partial charge in [0.15, 0.2) is 0 Å². The average Bonchev–Trinajstić information content (AvgIpc) is 3.26. The maximum atomic E-state index is 13.4. The summed E-state index contributed by atoms with van der Waals surface area (Å²) in [6.45, 7) is 2.00. The molecule has 2 aromatic rings. The van der Waals surface area contributed by atoms with E-state index in [1.807, 2.05) is 37.3 Å². The van der Waals surface area contributed by atoms with Crippen molar-refractivity contribution in [3.63, 3.8) is 0 Å². The normalized spacial score (nSPS) is 24.6. The highest BCUT2D eigenvalue weighted by molar-refractivity contribution is 7.98. The summed E-state index contributed by atoms with van der Waals surface area (Å²) in [6, 6.07) is 13.2. The van der Waals surface area contributed by atoms with Crippen molar-refractivity contribution in [1.82, 2.24) is 5.32 Å². The fourth-order valence-electron chi connectivity index (χ4n) is 4.53. The molecule has 3 atom stereocenters. The van der Waals surface area contributed by atoms with Crippen LogP contribution in [0.2, 0.25) is 0 Å². The minimum atomic E-state index is -1.04. The number of anilines is 2. The van der Waals surface area contributed by atoms with Crippen molar-refractivity contribution in [1.29, 1.82) is 0 Å². The Morgan fingerprint density at radius 3 is 2.73 bits per heavy atom. The zero-order chi connectivity index (χ0) is 21.3. The summed E-state index contributed by atoms with van der Waals surface area (Å²) in [6.07, 6.45) is 3.59. The minimum absolute atomic E-state index is 0.0984. The zero-order valence-corrected chi connectivity index (χ0v) is 18.3. The van der Waals surface area contributed by atoms with E-state index in [9.17, 15) is 9.59 Å². The van der Waals surface area contributed by atoms with Crippen molar-refractivity contribution in [3.8, 4) is 5.75 Å². The largest absolute Gasteiger partial charge is 0.497 e. The van der Waals surface area contributed by atoms with Crippen molar-refractivity contribution in [2.45, 2.75) is 31.3 Å². The maximum Gasteiger partial charge on any atom is 0.250 e. The lowest BCUT2D eigenvalue weighted by Crippen LogP contribution is -2.52. The first-order chi connectivity index (χ1) is 14.5. The van der Waals surface area contributed by atoms with Gasteiger partial charge in [0.05, 0.1) is 13.0 Å². The first kappa shape index (κ1) is 20.8. The number of nitrogens with one attached hydrogen (secondary N) is 3. The van der Waals surface area contributed by atoms with Crippen molar-refractivity contribution in [2.24, 2.45) is 5.92 Å². The summed E-state index contributed by atoms with van der Waals surface area (Å²) in [5, 5.41) is 9.57. The number of methoxy groups -OCH3 is 1. The van der Waals surface area contributed by atoms with E-state index in [-0.39, 0.29) is 17.9 Å². The third-order valence-electron chi connectivity index (χ3n) is 6.03. The van der Waals surface area contributed by atoms with Gasteiger partial charge in [-0.2, -0.15) is 11.8 Å². The summed E-state index contributed by atoms with van der Waals surface area (Å²) in [5.74, 6) is 0.898. The lowest BCUT2D eigenvalue weighted by Gasteiger charge is -2.29. The van der Waals surface area contributed by atoms with Crippen molar-refractivity contribution in [2.75, 3.05) is 29.8 Å². The lowest BCUT2D eigenvalue weighted by molar-refractivity contribution is -0.130. The summed E-state index contributed by atoms with van der Waals surface area (Å²) in [4.78, 5) is 26.7. The topological polar surface area (TPSA) is 79.5 Å². The van der Waals surface area contributed by atoms with Crippen LogP contribution in [0.4, 0.5) is 11.4 Å². The molecule has 2 aliphatic rings. The highest BCUT2D eigenvalue weighted by Crippen LogP contribution is 2.48. The van der Waals surface area contributed by atoms with E-state index in [0.29, 0.717) is 12.1 Å². The molecule has 7 heteroatoms. The number of hydrogen-bond donors (Lipinski definition) is 3. The number of carbonyl (C=O) groups is 2. The van der Waals surface area contributed by atoms with Crippen LogP contribution in [-0.4, -0.2) is 37.0 Å². The van der Waals surface area contributed by atoms with Crippen LogP contribution in [0.5, 0.6) is 5.75 Å². The van der Waals surface area contributed by atoms with E-state index in [0.717, 1.165) is 34.7 Å². The number of rotatable bonds is 6. The molecule has 0 aliphatic carbocycles. The molecular formula is C23H27N3O3S. The van der Waals surface area contributed by atoms with E-state index >= 15 is 0 Å². The monoisotopic (exact) mass is 425 g/mol. The third-order valence-corrected chi connectivity index (χ3v) is 6.67. The summed E-state index contributed by atoms with van der Waals surface area (Å²) in [7, 11) is 1.61. The maximum absolute atomic E-state index is 13.4. The van der Waals surface area contributed by atoms with E-state index in [1.165, 1.54) is 0 Å². The van der Waals surface area contributed by atoms with Gasteiger partial charge in [-0.15, -0.1) is 0 Å². The van der Waals surface area contributed by atoms with Gasteiger partial charge in [0.25, 0.3) is 0 Å². The third kappa shape index (κ3) is 3.56. The molecule has 2 amide bonds. The molecule has 3 N–H and O–H groups in total. The van der Waals surface area contributed by atoms with Crippen molar-refractivity contribution < 1.29 is 14.3 Å². The van der Waals surface area contributed by atoms with Gasteiger partial charge in [-0.25, -0.2) is 0 Å². The Morgan fingerprint density at radius 1 is 1.27 bits per heavy atom. The molecule has 158 valence electrons. The van der Waals surface area contributed by atoms with Gasteiger partial charge >= 0.3 is 0 Å². The van der Waals surface area contributed by atoms with Crippen LogP contribution < -0.4 is 20.7 Å². The Hall–Kier alpha value is -2.51. The number of fused-ring (bicyclic) bond motifs is 2. The molecule has 0 saturated carbocycles. The molecule has 2 heterocycles. The van der Waals surface area contributed by atoms with Crippen LogP contribution in [0.15, 0.2) is 42.5 Å². The number of benzene rings is 2. The molecule has 30 heavy (non-hydrogen) atoms. The molecule has 2 aliphatic heterocycles. The van der Waals surface area contributed by atoms with Gasteiger partial charge in [-0.05, 0) is 62.1 Å². The Balaban J connectivity index is 1.68. The van der Waals surface area contributed by atoms with Gasteiger partial charge in [0, 0.05) is 23.0 Å². The first-order valence-electron chi connectivity index (χ1n) is 10.1. The second kappa shape index (κ2) is 8.32. The molecule has 0 radical (unpaired) electrons. The quantitative estimate of drug-likeness (QED) is 0.660. The van der Waals surface area contributed by atoms with E-state index in [1.54, 1.807) is 31.0 Å². The van der Waals surface area contributed by atoms with Crippen LogP contribution in [0.1, 0.15) is 24.0 Å². The highest BCUT2D eigenvalue weighted by Gasteiger charge is 2.59. The standard InChI is InChI=1S/C23H27N3O3S/c1-14-4-9-20-18(12-14)23(22(28)25-20)19(13-16(26-23)10-11-30-3)21(27)24-15-5-7-17(29-2)8-6-15/h4-9,12,16,19,26H,10-11,13H2,1-3H3,(H,24,27)(H,25,28)/t16-,19-,23-/m0/s1. The molecular weight excluding hydrogens is 398 g/mol. The van der Waals surface area contributed by atoms with Crippen LogP contribution >= 0.6 is 11.8 Å². The molecule has 0 bridgehead atoms. The van der Waals surface area contributed by atoms with Gasteiger partial charge < -0.3 is 15.4 Å². The van der Waals surface area contributed by atoms with Gasteiger partial charge in [0.1, 0.15) is 11.3 Å². The van der Waals surface area contributed by atoms with Gasteiger partial charge in [-0.3, -0.25) is 14.9 Å². The number of thioether (sulfide) groups is 1. The number of carbonyl (C=O) groups excluding carboxylic acids is 2. The summed E-state index contributed by atoms with van der Waals surface area (Å²) >= 11 is 1.77. The van der Waals surface area contributed by atoms with Crippen molar-refractivity contribution >= 4 is 35.0 Å². The Kier molecular flexibility index (Phi) is 5.75. The molecule has 0 unspecified atom stereocenters. The lowest BCUT2D eigenvalue weighted by atomic mass is 9.79. The van der Waals surface area contributed by atoms with Crippen LogP contribution in [0.3, 0.4) is 0 Å². The van der Waals surface area contributed by atoms with Crippen LogP contribution in [0.25, 0.3) is 0 Å². The summed E-state index contributed by atoms with van der Waals surface area (Å²) in [5.41, 5.74) is 2.36. The van der Waals surface area contributed by atoms with Crippen molar-refractivity contribution in [3.05, 3.63) is 53.6 Å². The first-order valence-corrected chi connectivity index (χ1v) is 11.5. The zero-order valence-electron chi connectivity index (χ0n) is 17.5. The molecule has 6 nitrogen and oxygen atoms in total. The Labute approximate surface area is 181 Å². The predicted octanol–water partition coefficient (Wildman–Crippen LogP) is 3.52. The second-order valence-corrected chi connectivity index (χ2v) is 8.93. The molecule has 0 aromatic heterocycles. The Morgan fingerprint density at radius 2 is 2.03 bits per heavy atom. The Bertz CT molecular complexity index is 963. The van der Waals surface area contributed by atoms with Crippen LogP contribution in [0, 0.1) is 12.8 Å². The van der Waals surface area contributed by atoms with Gasteiger partial charge in [-0.1, -0.05) is 17.7 Å². The smallest absolute Gasteiger partial charge is 0.250 e. The SMILES string of the molecule is COc1ccc(NC(=O)[C@@H]2C[C@H](CCSC)N[C@]23C(=O)Nc2ccc(C)cc23)cc1. The van der Waals surface area contributed by atoms with Gasteiger partial charge in [0.2, 0.25) is 11.8 Å². The predicted molar refractivity (Wildman–Crippen MR) is 121 cm³/mol. The van der Waals surface area contributed by atoms with E-state index < -0.39 is 11.5 Å². The number of ether oxygens (including phenoxy) is 1. The fourth-order valence-corrected chi connectivity index (χ4v) is 5.05. The van der Waals surface area contributed by atoms with Crippen LogP contribution in [-0.2, 0) is 15.1 Å². The molecule has 2 aromatic carbocycles. The molecule has 1 spiro atoms. The molecule has 4 rings (SSSR count). The number of hydrogen-bond acceptors (Lipinski definition) is 5. The average molecular weight is 426 g/mol. The number of amides is 2. The minimum Gasteiger partial charge on any atom is -0.497 e.